The Morgan fingerprint density at radius 3 is 2.82 bits per heavy atom. The van der Waals surface area contributed by atoms with Gasteiger partial charge in [0.1, 0.15) is 21.3 Å². The maximum atomic E-state index is 11.5. The molecule has 1 unspecified atom stereocenters. The van der Waals surface area contributed by atoms with E-state index in [4.69, 9.17) is 4.74 Å². The van der Waals surface area contributed by atoms with Crippen molar-refractivity contribution in [3.8, 4) is 0 Å². The Hall–Kier alpha value is -1.54. The Morgan fingerprint density at radius 2 is 2.14 bits per heavy atom. The minimum atomic E-state index is -0.447. The Labute approximate surface area is 143 Å². The highest BCUT2D eigenvalue weighted by Crippen LogP contribution is 2.39. The number of hydrogen-bond acceptors (Lipinski definition) is 5. The molecular weight excluding hydrogens is 411 g/mol. The monoisotopic (exact) mass is 426 g/mol. The summed E-state index contributed by atoms with van der Waals surface area (Å²) in [6.45, 7) is 2.25. The molecule has 114 valence electrons. The van der Waals surface area contributed by atoms with Gasteiger partial charge in [0.2, 0.25) is 0 Å². The molecule has 1 aliphatic rings. The Bertz CT molecular complexity index is 698. The van der Waals surface area contributed by atoms with Crippen LogP contribution in [0.1, 0.15) is 23.5 Å². The normalized spacial score (nSPS) is 15.1. The van der Waals surface area contributed by atoms with E-state index in [1.807, 2.05) is 41.9 Å². The molecule has 0 fully saturated rings. The molecule has 3 rings (SSSR count). The lowest BCUT2D eigenvalue weighted by molar-refractivity contribution is -0.145. The second-order valence-electron chi connectivity index (χ2n) is 4.74. The van der Waals surface area contributed by atoms with E-state index in [9.17, 15) is 4.79 Å². The molecule has 0 N–H and O–H groups in total. The van der Waals surface area contributed by atoms with E-state index in [2.05, 4.69) is 18.4 Å². The summed E-state index contributed by atoms with van der Waals surface area (Å²) in [4.78, 5) is 12.5. The molecule has 1 aliphatic heterocycles. The second kappa shape index (κ2) is 7.15. The lowest BCUT2D eigenvalue weighted by Crippen LogP contribution is -2.19. The first-order valence-corrected chi connectivity index (χ1v) is 9.61. The van der Waals surface area contributed by atoms with E-state index >= 15 is 0 Å². The van der Waals surface area contributed by atoms with Crippen molar-refractivity contribution in [2.45, 2.75) is 19.6 Å². The van der Waals surface area contributed by atoms with Crippen LogP contribution in [-0.4, -0.2) is 9.08 Å². The van der Waals surface area contributed by atoms with Gasteiger partial charge < -0.3 is 4.74 Å². The van der Waals surface area contributed by atoms with Crippen LogP contribution in [0.2, 0.25) is 0 Å². The summed E-state index contributed by atoms with van der Waals surface area (Å²) in [5.41, 5.74) is 2.22. The van der Waals surface area contributed by atoms with Crippen LogP contribution in [0, 0.1) is 0 Å². The van der Waals surface area contributed by atoms with E-state index in [-0.39, 0.29) is 12.1 Å². The van der Waals surface area contributed by atoms with Gasteiger partial charge in [-0.15, -0.1) is 11.3 Å². The molecule has 0 amide bonds. The molecule has 2 aromatic rings. The second-order valence-corrected chi connectivity index (χ2v) is 7.87. The lowest BCUT2D eigenvalue weighted by atomic mass is 10.2. The minimum absolute atomic E-state index is 0.274. The van der Waals surface area contributed by atoms with Crippen LogP contribution in [0.15, 0.2) is 62.9 Å². The molecule has 0 spiro atoms. The summed E-state index contributed by atoms with van der Waals surface area (Å²) >= 11 is 1.15. The molecule has 0 radical (unpaired) electrons. The fourth-order valence-corrected chi connectivity index (χ4v) is 4.81. The number of halogens is 1. The van der Waals surface area contributed by atoms with Gasteiger partial charge in [0.25, 0.3) is 0 Å². The molecule has 1 atom stereocenters. The fraction of sp³-hybridized carbons (Fsp3) is 0.188. The molecule has 1 aromatic carbocycles. The molecule has 0 aliphatic carbocycles. The zero-order chi connectivity index (χ0) is 15.4. The predicted octanol–water partition coefficient (Wildman–Crippen LogP) is 4.78. The Kier molecular flexibility index (Phi) is 4.99. The molecule has 4 nitrogen and oxygen atoms in total. The average molecular weight is 426 g/mol. The summed E-state index contributed by atoms with van der Waals surface area (Å²) < 4.78 is 12.3. The number of rotatable bonds is 5. The highest BCUT2D eigenvalue weighted by molar-refractivity contribution is 14.1. The van der Waals surface area contributed by atoms with Crippen molar-refractivity contribution in [2.24, 2.45) is 3.15 Å². The van der Waals surface area contributed by atoms with Crippen molar-refractivity contribution in [1.82, 2.24) is 3.11 Å². The quantitative estimate of drug-likeness (QED) is 0.393. The predicted molar refractivity (Wildman–Crippen MR) is 95.3 cm³/mol. The molecular formula is C16H15IN2O2S. The SMILES string of the molecule is CC(=O)OC(C1=CN=IN1Cc1ccccc1)c1cccs1. The van der Waals surface area contributed by atoms with Crippen LogP contribution < -0.4 is 0 Å². The lowest BCUT2D eigenvalue weighted by Gasteiger charge is -2.24. The van der Waals surface area contributed by atoms with Crippen LogP contribution in [0.4, 0.5) is 0 Å². The highest BCUT2D eigenvalue weighted by atomic mass is 127. The average Bonchev–Trinajstić information content (AvgIpc) is 3.17. The van der Waals surface area contributed by atoms with E-state index in [1.54, 1.807) is 11.3 Å². The number of ether oxygens (including phenoxy) is 1. The van der Waals surface area contributed by atoms with Gasteiger partial charge >= 0.3 is 5.97 Å². The van der Waals surface area contributed by atoms with Gasteiger partial charge in [0, 0.05) is 6.92 Å². The summed E-state index contributed by atoms with van der Waals surface area (Å²) in [5, 5.41) is 2.00. The van der Waals surface area contributed by atoms with Crippen LogP contribution >= 0.6 is 32.6 Å². The van der Waals surface area contributed by atoms with Gasteiger partial charge in [-0.25, -0.2) is 3.15 Å². The van der Waals surface area contributed by atoms with Crippen molar-refractivity contribution in [2.75, 3.05) is 0 Å². The molecule has 1 aromatic heterocycles. The third-order valence-corrected chi connectivity index (χ3v) is 5.98. The standard InChI is InChI=1S/C16H15IN2O2S/c1-12(20)21-16(15-8-5-9-22-15)14-10-18-17-19(14)11-13-6-3-2-4-7-13/h2-10,16H,11H2,1H3. The van der Waals surface area contributed by atoms with E-state index in [0.29, 0.717) is 0 Å². The van der Waals surface area contributed by atoms with Crippen LogP contribution in [0.5, 0.6) is 0 Å². The van der Waals surface area contributed by atoms with E-state index in [1.165, 1.54) is 12.5 Å². The smallest absolute Gasteiger partial charge is 0.303 e. The minimum Gasteiger partial charge on any atom is -0.450 e. The maximum Gasteiger partial charge on any atom is 0.303 e. The maximum absolute atomic E-state index is 11.5. The number of nitrogens with zero attached hydrogens (tertiary/aromatic N) is 2. The largest absolute Gasteiger partial charge is 0.450 e. The number of thiophene rings is 1. The number of benzene rings is 1. The van der Waals surface area contributed by atoms with Crippen LogP contribution in [-0.2, 0) is 16.1 Å². The van der Waals surface area contributed by atoms with Crippen molar-refractivity contribution < 1.29 is 9.53 Å². The van der Waals surface area contributed by atoms with Crippen molar-refractivity contribution in [1.29, 1.82) is 0 Å². The van der Waals surface area contributed by atoms with E-state index in [0.717, 1.165) is 17.1 Å². The highest BCUT2D eigenvalue weighted by Gasteiger charge is 2.27. The van der Waals surface area contributed by atoms with Crippen LogP contribution in [0.25, 0.3) is 0 Å². The third kappa shape index (κ3) is 3.61. The van der Waals surface area contributed by atoms with Crippen molar-refractivity contribution in [3.63, 3.8) is 0 Å². The van der Waals surface area contributed by atoms with Gasteiger partial charge in [0.15, 0.2) is 6.10 Å². The van der Waals surface area contributed by atoms with Gasteiger partial charge in [-0.05, 0) is 17.0 Å². The molecule has 22 heavy (non-hydrogen) atoms. The number of carbonyl (C=O) groups excluding carboxylic acids is 1. The molecule has 6 heteroatoms. The zero-order valence-electron chi connectivity index (χ0n) is 12.0. The molecule has 0 saturated heterocycles. The summed E-state index contributed by atoms with van der Waals surface area (Å²) in [7, 11) is 0. The molecule has 0 saturated carbocycles. The van der Waals surface area contributed by atoms with Crippen molar-refractivity contribution in [3.05, 3.63) is 70.2 Å². The van der Waals surface area contributed by atoms with E-state index < -0.39 is 21.3 Å². The van der Waals surface area contributed by atoms with Crippen LogP contribution in [0.3, 0.4) is 0 Å². The summed E-state index contributed by atoms with van der Waals surface area (Å²) in [6.07, 6.45) is 1.51. The Morgan fingerprint density at radius 1 is 1.32 bits per heavy atom. The number of hydrogen-bond donors (Lipinski definition) is 0. The fourth-order valence-electron chi connectivity index (χ4n) is 2.16. The Balaban J connectivity index is 1.83. The summed E-state index contributed by atoms with van der Waals surface area (Å²) in [5.74, 6) is -0.274. The first-order chi connectivity index (χ1) is 10.7. The summed E-state index contributed by atoms with van der Waals surface area (Å²) in [6, 6.07) is 14.3. The van der Waals surface area contributed by atoms with Gasteiger partial charge in [0.05, 0.1) is 23.3 Å². The van der Waals surface area contributed by atoms with Crippen molar-refractivity contribution >= 4 is 38.6 Å². The third-order valence-electron chi connectivity index (χ3n) is 3.11. The first kappa shape index (κ1) is 15.4. The topological polar surface area (TPSA) is 41.9 Å². The number of carbonyl (C=O) groups is 1. The van der Waals surface area contributed by atoms with Gasteiger partial charge in [-0.3, -0.25) is 7.91 Å². The van der Waals surface area contributed by atoms with Gasteiger partial charge in [-0.2, -0.15) is 0 Å². The zero-order valence-corrected chi connectivity index (χ0v) is 15.0. The molecule has 2 heterocycles. The first-order valence-electron chi connectivity index (χ1n) is 6.81. The molecule has 0 bridgehead atoms. The number of esters is 1. The van der Waals surface area contributed by atoms with Gasteiger partial charge in [-0.1, -0.05) is 36.4 Å².